The van der Waals surface area contributed by atoms with E-state index in [9.17, 15) is 15.0 Å². The molecule has 0 aromatic heterocycles. The minimum atomic E-state index is -0.795. The van der Waals surface area contributed by atoms with Gasteiger partial charge in [0.15, 0.2) is 0 Å². The number of hydrogen-bond donors (Lipinski definition) is 2. The number of carbonyl (C=O) groups excluding carboxylic acids is 1. The molecule has 0 saturated carbocycles. The molecule has 2 N–H and O–H groups in total. The van der Waals surface area contributed by atoms with Gasteiger partial charge in [-0.1, -0.05) is 13.8 Å². The summed E-state index contributed by atoms with van der Waals surface area (Å²) in [4.78, 5) is 13.4. The first-order valence-electron chi connectivity index (χ1n) is 6.18. The van der Waals surface area contributed by atoms with Crippen molar-refractivity contribution in [3.63, 3.8) is 0 Å². The van der Waals surface area contributed by atoms with Crippen molar-refractivity contribution in [1.29, 1.82) is 0 Å². The fourth-order valence-corrected chi connectivity index (χ4v) is 2.29. The van der Waals surface area contributed by atoms with E-state index < -0.39 is 17.7 Å². The molecular formula is C12H23NO4. The molecule has 1 saturated heterocycles. The standard InChI is InChI=1S/C12H23NO4/c1-4-12(16,5-2)8-13-7-9(14)6-10(13)11(15)17-3/h9-10,14,16H,4-8H2,1-3H3. The van der Waals surface area contributed by atoms with Crippen molar-refractivity contribution in [2.24, 2.45) is 0 Å². The monoisotopic (exact) mass is 245 g/mol. The average molecular weight is 245 g/mol. The number of hydrogen-bond acceptors (Lipinski definition) is 5. The van der Waals surface area contributed by atoms with E-state index in [0.717, 1.165) is 0 Å². The minimum Gasteiger partial charge on any atom is -0.468 e. The minimum absolute atomic E-state index is 0.337. The summed E-state index contributed by atoms with van der Waals surface area (Å²) in [6.07, 6.45) is 1.13. The van der Waals surface area contributed by atoms with Crippen LogP contribution >= 0.6 is 0 Å². The number of esters is 1. The zero-order valence-electron chi connectivity index (χ0n) is 10.8. The number of aliphatic hydroxyl groups excluding tert-OH is 1. The Morgan fingerprint density at radius 3 is 2.53 bits per heavy atom. The summed E-state index contributed by atoms with van der Waals surface area (Å²) in [5.41, 5.74) is -0.795. The second-order valence-electron chi connectivity index (χ2n) is 4.79. The summed E-state index contributed by atoms with van der Waals surface area (Å²) in [5, 5.41) is 19.9. The summed E-state index contributed by atoms with van der Waals surface area (Å²) < 4.78 is 4.72. The number of β-amino-alcohol motifs (C(OH)–C–C–N with tert-alkyl or cyclic N) is 2. The lowest BCUT2D eigenvalue weighted by molar-refractivity contribution is -0.147. The average Bonchev–Trinajstić information content (AvgIpc) is 2.68. The van der Waals surface area contributed by atoms with Gasteiger partial charge in [-0.2, -0.15) is 0 Å². The molecule has 0 radical (unpaired) electrons. The van der Waals surface area contributed by atoms with Crippen LogP contribution in [-0.2, 0) is 9.53 Å². The smallest absolute Gasteiger partial charge is 0.323 e. The molecule has 100 valence electrons. The number of aliphatic hydroxyl groups is 2. The Hall–Kier alpha value is -0.650. The molecule has 0 aliphatic carbocycles. The summed E-state index contributed by atoms with van der Waals surface area (Å²) >= 11 is 0. The van der Waals surface area contributed by atoms with Crippen LogP contribution in [0, 0.1) is 0 Å². The Labute approximate surface area is 102 Å². The predicted octanol–water partition coefficient (Wildman–Crippen LogP) is 0.146. The van der Waals surface area contributed by atoms with Crippen molar-refractivity contribution in [1.82, 2.24) is 4.90 Å². The van der Waals surface area contributed by atoms with Crippen LogP contribution in [0.3, 0.4) is 0 Å². The molecular weight excluding hydrogens is 222 g/mol. The van der Waals surface area contributed by atoms with Crippen molar-refractivity contribution in [3.05, 3.63) is 0 Å². The molecule has 17 heavy (non-hydrogen) atoms. The van der Waals surface area contributed by atoms with Gasteiger partial charge in [-0.05, 0) is 12.8 Å². The third kappa shape index (κ3) is 3.40. The van der Waals surface area contributed by atoms with Gasteiger partial charge >= 0.3 is 5.97 Å². The maximum atomic E-state index is 11.6. The predicted molar refractivity (Wildman–Crippen MR) is 63.5 cm³/mol. The maximum Gasteiger partial charge on any atom is 0.323 e. The summed E-state index contributed by atoms with van der Waals surface area (Å²) in [7, 11) is 1.34. The zero-order chi connectivity index (χ0) is 13.1. The van der Waals surface area contributed by atoms with Gasteiger partial charge in [0.2, 0.25) is 0 Å². The quantitative estimate of drug-likeness (QED) is 0.675. The molecule has 0 aromatic rings. The largest absolute Gasteiger partial charge is 0.468 e. The third-order valence-electron chi connectivity index (χ3n) is 3.67. The molecule has 5 nitrogen and oxygen atoms in total. The fraction of sp³-hybridized carbons (Fsp3) is 0.917. The van der Waals surface area contributed by atoms with Crippen LogP contribution in [-0.4, -0.2) is 59.0 Å². The molecule has 1 aliphatic heterocycles. The van der Waals surface area contributed by atoms with E-state index in [1.165, 1.54) is 7.11 Å². The van der Waals surface area contributed by atoms with E-state index in [0.29, 0.717) is 32.4 Å². The van der Waals surface area contributed by atoms with Gasteiger partial charge in [-0.15, -0.1) is 0 Å². The number of rotatable bonds is 5. The van der Waals surface area contributed by atoms with Crippen molar-refractivity contribution >= 4 is 5.97 Å². The van der Waals surface area contributed by atoms with Crippen molar-refractivity contribution in [3.8, 4) is 0 Å². The molecule has 1 heterocycles. The van der Waals surface area contributed by atoms with Crippen LogP contribution in [0.5, 0.6) is 0 Å². The van der Waals surface area contributed by atoms with Gasteiger partial charge in [0.1, 0.15) is 6.04 Å². The Kier molecular flexibility index (Phi) is 4.91. The van der Waals surface area contributed by atoms with Gasteiger partial charge in [-0.3, -0.25) is 9.69 Å². The maximum absolute atomic E-state index is 11.6. The normalized spacial score (nSPS) is 26.2. The van der Waals surface area contributed by atoms with Crippen LogP contribution in [0.25, 0.3) is 0 Å². The van der Waals surface area contributed by atoms with E-state index >= 15 is 0 Å². The first kappa shape index (κ1) is 14.4. The van der Waals surface area contributed by atoms with Crippen molar-refractivity contribution in [2.45, 2.75) is 50.9 Å². The molecule has 0 bridgehead atoms. The van der Waals surface area contributed by atoms with Crippen LogP contribution in [0.4, 0.5) is 0 Å². The molecule has 2 atom stereocenters. The highest BCUT2D eigenvalue weighted by Crippen LogP contribution is 2.24. The van der Waals surface area contributed by atoms with Crippen LogP contribution < -0.4 is 0 Å². The first-order valence-corrected chi connectivity index (χ1v) is 6.18. The lowest BCUT2D eigenvalue weighted by Crippen LogP contribution is -2.47. The molecule has 0 aromatic carbocycles. The molecule has 2 unspecified atom stereocenters. The number of ether oxygens (including phenoxy) is 1. The van der Waals surface area contributed by atoms with E-state index in [2.05, 4.69) is 0 Å². The Bertz CT molecular complexity index is 265. The third-order valence-corrected chi connectivity index (χ3v) is 3.67. The Balaban J connectivity index is 2.71. The summed E-state index contributed by atoms with van der Waals surface area (Å²) in [6, 6.07) is -0.431. The van der Waals surface area contributed by atoms with Gasteiger partial charge in [-0.25, -0.2) is 0 Å². The highest BCUT2D eigenvalue weighted by atomic mass is 16.5. The molecule has 1 fully saturated rings. The molecule has 5 heteroatoms. The molecule has 0 spiro atoms. The second kappa shape index (κ2) is 5.80. The number of nitrogens with zero attached hydrogens (tertiary/aromatic N) is 1. The second-order valence-corrected chi connectivity index (χ2v) is 4.79. The highest BCUT2D eigenvalue weighted by Gasteiger charge is 2.40. The van der Waals surface area contributed by atoms with E-state index in [-0.39, 0.29) is 5.97 Å². The van der Waals surface area contributed by atoms with Crippen molar-refractivity contribution < 1.29 is 19.7 Å². The first-order chi connectivity index (χ1) is 7.95. The Morgan fingerprint density at radius 2 is 2.06 bits per heavy atom. The summed E-state index contributed by atoms with van der Waals surface area (Å²) in [6.45, 7) is 4.66. The molecule has 1 aliphatic rings. The van der Waals surface area contributed by atoms with E-state index in [1.54, 1.807) is 0 Å². The number of carbonyl (C=O) groups is 1. The van der Waals surface area contributed by atoms with Gasteiger partial charge in [0.05, 0.1) is 18.8 Å². The van der Waals surface area contributed by atoms with Crippen LogP contribution in [0.1, 0.15) is 33.1 Å². The number of methoxy groups -OCH3 is 1. The number of likely N-dealkylation sites (tertiary alicyclic amines) is 1. The highest BCUT2D eigenvalue weighted by molar-refractivity contribution is 5.76. The molecule has 0 amide bonds. The lowest BCUT2D eigenvalue weighted by Gasteiger charge is -2.32. The van der Waals surface area contributed by atoms with Crippen LogP contribution in [0.15, 0.2) is 0 Å². The van der Waals surface area contributed by atoms with Gasteiger partial charge in [0.25, 0.3) is 0 Å². The van der Waals surface area contributed by atoms with Crippen LogP contribution in [0.2, 0.25) is 0 Å². The van der Waals surface area contributed by atoms with E-state index in [4.69, 9.17) is 4.74 Å². The SMILES string of the molecule is CCC(O)(CC)CN1CC(O)CC1C(=O)OC. The zero-order valence-corrected chi connectivity index (χ0v) is 10.8. The molecule has 1 rings (SSSR count). The summed E-state index contributed by atoms with van der Waals surface area (Å²) in [5.74, 6) is -0.337. The Morgan fingerprint density at radius 1 is 1.47 bits per heavy atom. The van der Waals surface area contributed by atoms with Gasteiger partial charge < -0.3 is 14.9 Å². The van der Waals surface area contributed by atoms with Crippen molar-refractivity contribution in [2.75, 3.05) is 20.2 Å². The lowest BCUT2D eigenvalue weighted by atomic mass is 9.96. The van der Waals surface area contributed by atoms with Gasteiger partial charge in [0, 0.05) is 19.5 Å². The van der Waals surface area contributed by atoms with E-state index in [1.807, 2.05) is 18.7 Å². The fourth-order valence-electron chi connectivity index (χ4n) is 2.29. The topological polar surface area (TPSA) is 70.0 Å².